The van der Waals surface area contributed by atoms with E-state index >= 15 is 0 Å². The van der Waals surface area contributed by atoms with E-state index in [1.165, 1.54) is 16.4 Å². The van der Waals surface area contributed by atoms with E-state index in [1.54, 1.807) is 0 Å². The molecular weight excluding hydrogens is 393 g/mol. The second-order valence-corrected chi connectivity index (χ2v) is 11.8. The fourth-order valence-corrected chi connectivity index (χ4v) is 6.52. The highest BCUT2D eigenvalue weighted by Crippen LogP contribution is 2.26. The zero-order valence-corrected chi connectivity index (χ0v) is 18.6. The molecule has 1 aromatic rings. The highest BCUT2D eigenvalue weighted by Gasteiger charge is 2.43. The minimum Gasteiger partial charge on any atom is -0.353 e. The van der Waals surface area contributed by atoms with E-state index in [2.05, 4.69) is 38.3 Å². The summed E-state index contributed by atoms with van der Waals surface area (Å²) in [5.74, 6) is -0.611. The molecule has 3 N–H and O–H groups in total. The lowest BCUT2D eigenvalue weighted by molar-refractivity contribution is -0.787. The number of amides is 1. The molecule has 2 aliphatic heterocycles. The van der Waals surface area contributed by atoms with Gasteiger partial charge in [-0.25, -0.2) is 12.8 Å². The summed E-state index contributed by atoms with van der Waals surface area (Å²) in [5, 5.41) is 5.60. The first kappa shape index (κ1) is 22.2. The normalized spacial score (nSPS) is 23.6. The number of carbonyl (C=O) groups excluding carboxylic acids is 1. The van der Waals surface area contributed by atoms with Gasteiger partial charge in [0.2, 0.25) is 15.9 Å². The number of halogens is 1. The van der Waals surface area contributed by atoms with Crippen molar-refractivity contribution in [2.45, 2.75) is 75.4 Å². The molecule has 0 unspecified atom stereocenters. The number of quaternary nitrogens is 1. The third-order valence-corrected chi connectivity index (χ3v) is 7.86. The molecule has 2 fully saturated rings. The number of piperidine rings is 2. The van der Waals surface area contributed by atoms with Crippen molar-refractivity contribution >= 4 is 15.9 Å². The topological polar surface area (TPSA) is 83.1 Å². The Hall–Kier alpha value is -1.51. The van der Waals surface area contributed by atoms with Crippen LogP contribution in [0.5, 0.6) is 0 Å². The van der Waals surface area contributed by atoms with E-state index in [4.69, 9.17) is 0 Å². The molecule has 0 bridgehead atoms. The van der Waals surface area contributed by atoms with Gasteiger partial charge in [0.25, 0.3) is 0 Å². The van der Waals surface area contributed by atoms with Gasteiger partial charge in [0.1, 0.15) is 5.82 Å². The lowest BCUT2D eigenvalue weighted by atomic mass is 9.79. The molecule has 1 aromatic carbocycles. The van der Waals surface area contributed by atoms with Crippen molar-refractivity contribution in [3.8, 4) is 0 Å². The Morgan fingerprint density at radius 1 is 1.07 bits per heavy atom. The number of nitrogens with two attached hydrogens (primary N) is 1. The number of nitrogens with zero attached hydrogens (tertiary/aromatic N) is 1. The maximum atomic E-state index is 13.1. The molecule has 0 radical (unpaired) electrons. The molecule has 2 aliphatic rings. The summed E-state index contributed by atoms with van der Waals surface area (Å²) in [5.41, 5.74) is 0.151. The molecule has 0 saturated carbocycles. The van der Waals surface area contributed by atoms with Gasteiger partial charge in [-0.05, 0) is 64.8 Å². The highest BCUT2D eigenvalue weighted by atomic mass is 32.2. The van der Waals surface area contributed by atoms with Crippen LogP contribution in [-0.4, -0.2) is 48.8 Å². The molecule has 8 heteroatoms. The number of rotatable bonds is 4. The van der Waals surface area contributed by atoms with Gasteiger partial charge >= 0.3 is 0 Å². The quantitative estimate of drug-likeness (QED) is 0.768. The minimum absolute atomic E-state index is 0.0299. The molecule has 0 aliphatic carbocycles. The van der Waals surface area contributed by atoms with Crippen LogP contribution in [0.3, 0.4) is 0 Å². The van der Waals surface area contributed by atoms with Crippen LogP contribution in [0.15, 0.2) is 29.2 Å². The maximum Gasteiger partial charge on any atom is 0.243 e. The number of sulfonamides is 1. The third-order valence-electron chi connectivity index (χ3n) is 5.95. The monoisotopic (exact) mass is 426 g/mol. The second kappa shape index (κ2) is 7.96. The molecule has 0 aromatic heterocycles. The van der Waals surface area contributed by atoms with E-state index in [1.807, 2.05) is 0 Å². The Bertz CT molecular complexity index is 828. The Morgan fingerprint density at radius 2 is 1.59 bits per heavy atom. The Balaban J connectivity index is 1.57. The van der Waals surface area contributed by atoms with Crippen molar-refractivity contribution in [1.82, 2.24) is 9.62 Å². The summed E-state index contributed by atoms with van der Waals surface area (Å²) in [6.45, 7) is 9.40. The number of carbonyl (C=O) groups is 1. The van der Waals surface area contributed by atoms with E-state index in [9.17, 15) is 17.6 Å². The van der Waals surface area contributed by atoms with E-state index in [-0.39, 0.29) is 33.8 Å². The van der Waals surface area contributed by atoms with Gasteiger partial charge in [0.05, 0.1) is 16.0 Å². The Morgan fingerprint density at radius 3 is 2.10 bits per heavy atom. The molecule has 0 spiro atoms. The van der Waals surface area contributed by atoms with Crippen molar-refractivity contribution in [3.63, 3.8) is 0 Å². The summed E-state index contributed by atoms with van der Waals surface area (Å²) in [6, 6.07) is 5.01. The summed E-state index contributed by atoms with van der Waals surface area (Å²) in [6.07, 6.45) is 2.83. The molecule has 0 atom stereocenters. The fourth-order valence-electron chi connectivity index (χ4n) is 5.05. The smallest absolute Gasteiger partial charge is 0.243 e. The van der Waals surface area contributed by atoms with Crippen LogP contribution in [0.2, 0.25) is 0 Å². The summed E-state index contributed by atoms with van der Waals surface area (Å²) >= 11 is 0. The van der Waals surface area contributed by atoms with Crippen molar-refractivity contribution in [2.24, 2.45) is 5.92 Å². The molecule has 29 heavy (non-hydrogen) atoms. The van der Waals surface area contributed by atoms with Crippen LogP contribution < -0.4 is 10.6 Å². The zero-order valence-electron chi connectivity index (χ0n) is 17.7. The van der Waals surface area contributed by atoms with Crippen molar-refractivity contribution in [1.29, 1.82) is 0 Å². The lowest BCUT2D eigenvalue weighted by Crippen LogP contribution is -3.06. The van der Waals surface area contributed by atoms with Crippen LogP contribution in [-0.2, 0) is 14.8 Å². The SMILES string of the molecule is CC1(C)CC(NC(=O)C2CCN(S(=O)(=O)c3ccc(F)cc3)CC2)CC(C)(C)[NH2+]1. The van der Waals surface area contributed by atoms with Crippen molar-refractivity contribution < 1.29 is 22.9 Å². The van der Waals surface area contributed by atoms with E-state index < -0.39 is 15.8 Å². The molecule has 3 rings (SSSR count). The summed E-state index contributed by atoms with van der Waals surface area (Å²) in [7, 11) is -3.66. The van der Waals surface area contributed by atoms with Gasteiger partial charge < -0.3 is 10.6 Å². The first-order valence-corrected chi connectivity index (χ1v) is 11.8. The van der Waals surface area contributed by atoms with Gasteiger partial charge in [-0.15, -0.1) is 0 Å². The lowest BCUT2D eigenvalue weighted by Gasteiger charge is -2.43. The van der Waals surface area contributed by atoms with Gasteiger partial charge in [0.15, 0.2) is 0 Å². The average Bonchev–Trinajstić information content (AvgIpc) is 2.59. The maximum absolute atomic E-state index is 13.1. The van der Waals surface area contributed by atoms with Crippen LogP contribution in [0.1, 0.15) is 53.4 Å². The van der Waals surface area contributed by atoms with Crippen molar-refractivity contribution in [2.75, 3.05) is 13.1 Å². The second-order valence-electron chi connectivity index (χ2n) is 9.87. The predicted molar refractivity (Wildman–Crippen MR) is 109 cm³/mol. The largest absolute Gasteiger partial charge is 0.353 e. The van der Waals surface area contributed by atoms with Gasteiger partial charge in [-0.2, -0.15) is 4.31 Å². The van der Waals surface area contributed by atoms with E-state index in [0.29, 0.717) is 25.9 Å². The van der Waals surface area contributed by atoms with Gasteiger partial charge in [0, 0.05) is 37.9 Å². The highest BCUT2D eigenvalue weighted by molar-refractivity contribution is 7.89. The predicted octanol–water partition coefficient (Wildman–Crippen LogP) is 1.63. The number of nitrogens with one attached hydrogen (secondary N) is 1. The fraction of sp³-hybridized carbons (Fsp3) is 0.667. The van der Waals surface area contributed by atoms with Gasteiger partial charge in [-0.1, -0.05) is 0 Å². The first-order chi connectivity index (χ1) is 13.4. The number of benzene rings is 1. The summed E-state index contributed by atoms with van der Waals surface area (Å²) in [4.78, 5) is 12.9. The first-order valence-electron chi connectivity index (χ1n) is 10.3. The van der Waals surface area contributed by atoms with Crippen LogP contribution in [0.25, 0.3) is 0 Å². The number of hydrogen-bond acceptors (Lipinski definition) is 3. The molecular formula is C21H33FN3O3S+. The standard InChI is InChI=1S/C21H32FN3O3S/c1-20(2)13-17(14-21(3,4)24-20)23-19(26)15-9-11-25(12-10-15)29(27,28)18-7-5-16(22)6-8-18/h5-8,15,17,24H,9-14H2,1-4H3,(H,23,26)/p+1. The summed E-state index contributed by atoms with van der Waals surface area (Å²) < 4.78 is 40.0. The van der Waals surface area contributed by atoms with Crippen LogP contribution in [0.4, 0.5) is 4.39 Å². The van der Waals surface area contributed by atoms with Crippen LogP contribution in [0, 0.1) is 11.7 Å². The minimum atomic E-state index is -3.66. The Labute approximate surface area is 173 Å². The van der Waals surface area contributed by atoms with Gasteiger partial charge in [-0.3, -0.25) is 4.79 Å². The average molecular weight is 427 g/mol. The number of hydrogen-bond donors (Lipinski definition) is 2. The van der Waals surface area contributed by atoms with Crippen molar-refractivity contribution in [3.05, 3.63) is 30.1 Å². The molecule has 1 amide bonds. The molecule has 162 valence electrons. The third kappa shape index (κ3) is 5.35. The molecule has 2 saturated heterocycles. The van der Waals surface area contributed by atoms with Crippen LogP contribution >= 0.6 is 0 Å². The zero-order chi connectivity index (χ0) is 21.4. The molecule has 2 heterocycles. The molecule has 6 nitrogen and oxygen atoms in total. The Kier molecular flexibility index (Phi) is 6.09. The van der Waals surface area contributed by atoms with E-state index in [0.717, 1.165) is 25.0 Å².